The molecule has 0 aromatic carbocycles. The summed E-state index contributed by atoms with van der Waals surface area (Å²) >= 11 is 0. The van der Waals surface area contributed by atoms with Crippen molar-refractivity contribution in [3.8, 4) is 0 Å². The van der Waals surface area contributed by atoms with Crippen molar-refractivity contribution in [3.05, 3.63) is 0 Å². The summed E-state index contributed by atoms with van der Waals surface area (Å²) in [6, 6.07) is 0. The number of nitrogens with two attached hydrogens (primary N) is 1. The Kier molecular flexibility index (Phi) is 38.9. The van der Waals surface area contributed by atoms with Crippen LogP contribution in [0.2, 0.25) is 0 Å². The fourth-order valence-corrected chi connectivity index (χ4v) is 7.18. The minimum absolute atomic E-state index is 0.234. The molecule has 3 N–H and O–H groups in total. The minimum Gasteiger partial charge on any atom is -0.462 e. The summed E-state index contributed by atoms with van der Waals surface area (Å²) in [6.45, 7) is 3.35. The van der Waals surface area contributed by atoms with Crippen LogP contribution in [-0.2, 0) is 32.7 Å². The second kappa shape index (κ2) is 39.7. The zero-order valence-corrected chi connectivity index (χ0v) is 35.0. The molecule has 2 atom stereocenters. The second-order valence-corrected chi connectivity index (χ2v) is 16.4. The average molecular weight is 762 g/mol. The number of phosphoric acid groups is 1. The van der Waals surface area contributed by atoms with Crippen LogP contribution in [0.5, 0.6) is 0 Å². The van der Waals surface area contributed by atoms with Crippen LogP contribution < -0.4 is 5.73 Å². The van der Waals surface area contributed by atoms with Gasteiger partial charge in [0.05, 0.1) is 6.61 Å². The monoisotopic (exact) mass is 762 g/mol. The molecule has 10 heteroatoms. The third-order valence-electron chi connectivity index (χ3n) is 9.86. The van der Waals surface area contributed by atoms with Crippen LogP contribution in [0, 0.1) is 0 Å². The highest BCUT2D eigenvalue weighted by Gasteiger charge is 2.25. The van der Waals surface area contributed by atoms with E-state index in [4.69, 9.17) is 19.7 Å². The lowest BCUT2D eigenvalue weighted by atomic mass is 10.0. The Bertz CT molecular complexity index is 830. The highest BCUT2D eigenvalue weighted by Crippen LogP contribution is 2.42. The predicted octanol–water partition coefficient (Wildman–Crippen LogP) is 12.8. The van der Waals surface area contributed by atoms with E-state index in [1.165, 1.54) is 167 Å². The van der Waals surface area contributed by atoms with Crippen LogP contribution >= 0.6 is 7.82 Å². The molecule has 310 valence electrons. The van der Waals surface area contributed by atoms with Crippen LogP contribution in [0.4, 0.5) is 0 Å². The van der Waals surface area contributed by atoms with Crippen molar-refractivity contribution in [2.75, 3.05) is 19.9 Å². The Morgan fingerprint density at radius 3 is 1.12 bits per heavy atom. The van der Waals surface area contributed by atoms with Crippen molar-refractivity contribution in [2.24, 2.45) is 5.73 Å². The molecule has 9 nitrogen and oxygen atoms in total. The molecule has 52 heavy (non-hydrogen) atoms. The number of esters is 2. The van der Waals surface area contributed by atoms with Crippen LogP contribution in [0.1, 0.15) is 232 Å². The van der Waals surface area contributed by atoms with E-state index >= 15 is 0 Å². The highest BCUT2D eigenvalue weighted by atomic mass is 31.2. The normalized spacial score (nSPS) is 13.2. The molecule has 0 heterocycles. The number of hydrogen-bond donors (Lipinski definition) is 2. The Balaban J connectivity index is 4.01. The topological polar surface area (TPSA) is 134 Å². The number of ether oxygens (including phenoxy) is 2. The summed E-state index contributed by atoms with van der Waals surface area (Å²) < 4.78 is 32.2. The van der Waals surface area contributed by atoms with Gasteiger partial charge < -0.3 is 20.1 Å². The van der Waals surface area contributed by atoms with Gasteiger partial charge in [-0.15, -0.1) is 0 Å². The molecule has 2 unspecified atom stereocenters. The van der Waals surface area contributed by atoms with E-state index in [1.807, 2.05) is 0 Å². The molecule has 0 radical (unpaired) electrons. The van der Waals surface area contributed by atoms with Crippen LogP contribution in [0.25, 0.3) is 0 Å². The fourth-order valence-electron chi connectivity index (χ4n) is 6.56. The predicted molar refractivity (Wildman–Crippen MR) is 215 cm³/mol. The SMILES string of the molecule is CCCCCCCCCCCCCCCCCCC(=O)OCC(COP(=O)(O)OCN)OC(=O)CCCCCCCCCCCCCCCCCC. The molecule has 0 rings (SSSR count). The number of carbonyl (C=O) groups is 2. The van der Waals surface area contributed by atoms with Crippen molar-refractivity contribution >= 4 is 19.8 Å². The van der Waals surface area contributed by atoms with Gasteiger partial charge in [-0.2, -0.15) is 0 Å². The first kappa shape index (κ1) is 51.0. The summed E-state index contributed by atoms with van der Waals surface area (Å²) in [6.07, 6.45) is 39.8. The zero-order chi connectivity index (χ0) is 38.2. The molecular formula is C42H84NO8P. The van der Waals surface area contributed by atoms with Gasteiger partial charge in [0.25, 0.3) is 0 Å². The molecule has 0 spiro atoms. The number of unbranched alkanes of at least 4 members (excludes halogenated alkanes) is 30. The third kappa shape index (κ3) is 38.7. The quantitative estimate of drug-likeness (QED) is 0.0270. The summed E-state index contributed by atoms with van der Waals surface area (Å²) in [5.74, 6) is -0.824. The molecule has 0 saturated heterocycles. The molecule has 0 aromatic rings. The molecule has 0 aromatic heterocycles. The van der Waals surface area contributed by atoms with Crippen molar-refractivity contribution in [3.63, 3.8) is 0 Å². The van der Waals surface area contributed by atoms with Gasteiger partial charge in [-0.05, 0) is 12.8 Å². The number of phosphoric ester groups is 1. The van der Waals surface area contributed by atoms with Crippen molar-refractivity contribution in [2.45, 2.75) is 238 Å². The summed E-state index contributed by atoms with van der Waals surface area (Å²) in [4.78, 5) is 34.6. The van der Waals surface area contributed by atoms with Gasteiger partial charge in [0.15, 0.2) is 6.10 Å². The third-order valence-corrected chi connectivity index (χ3v) is 10.8. The number of hydrogen-bond acceptors (Lipinski definition) is 8. The van der Waals surface area contributed by atoms with Gasteiger partial charge in [-0.3, -0.25) is 18.6 Å². The first-order chi connectivity index (χ1) is 25.3. The van der Waals surface area contributed by atoms with Gasteiger partial charge in [0, 0.05) is 12.8 Å². The van der Waals surface area contributed by atoms with Gasteiger partial charge in [0.1, 0.15) is 13.3 Å². The summed E-state index contributed by atoms with van der Waals surface area (Å²) in [7, 11) is -4.40. The van der Waals surface area contributed by atoms with E-state index in [-0.39, 0.29) is 25.4 Å². The second-order valence-electron chi connectivity index (χ2n) is 15.0. The van der Waals surface area contributed by atoms with E-state index in [2.05, 4.69) is 18.4 Å². The largest absolute Gasteiger partial charge is 0.473 e. The molecule has 0 aliphatic heterocycles. The van der Waals surface area contributed by atoms with Crippen LogP contribution in [-0.4, -0.2) is 42.9 Å². The van der Waals surface area contributed by atoms with Crippen molar-refractivity contribution < 1.29 is 37.6 Å². The van der Waals surface area contributed by atoms with Gasteiger partial charge >= 0.3 is 19.8 Å². The summed E-state index contributed by atoms with van der Waals surface area (Å²) in [5.41, 5.74) is 5.20. The van der Waals surface area contributed by atoms with Gasteiger partial charge in [0.2, 0.25) is 0 Å². The highest BCUT2D eigenvalue weighted by molar-refractivity contribution is 7.47. The maximum atomic E-state index is 12.5. The maximum absolute atomic E-state index is 12.5. The first-order valence-corrected chi connectivity index (χ1v) is 23.5. The molecule has 0 fully saturated rings. The Morgan fingerprint density at radius 2 is 0.788 bits per heavy atom. The van der Waals surface area contributed by atoms with Crippen LogP contribution in [0.15, 0.2) is 0 Å². The molecule has 0 saturated carbocycles. The lowest BCUT2D eigenvalue weighted by molar-refractivity contribution is -0.161. The van der Waals surface area contributed by atoms with Crippen molar-refractivity contribution in [1.82, 2.24) is 0 Å². The molecule has 0 bridgehead atoms. The van der Waals surface area contributed by atoms with E-state index < -0.39 is 33.2 Å². The lowest BCUT2D eigenvalue weighted by Crippen LogP contribution is -2.29. The Labute approximate surface area is 320 Å². The van der Waals surface area contributed by atoms with E-state index in [9.17, 15) is 19.0 Å². The molecular weight excluding hydrogens is 677 g/mol. The van der Waals surface area contributed by atoms with Gasteiger partial charge in [-0.25, -0.2) is 4.57 Å². The number of rotatable bonds is 42. The number of carbonyl (C=O) groups excluding carboxylic acids is 2. The average Bonchev–Trinajstić information content (AvgIpc) is 3.12. The minimum atomic E-state index is -4.40. The summed E-state index contributed by atoms with van der Waals surface area (Å²) in [5, 5.41) is 0. The molecule has 0 aliphatic carbocycles. The van der Waals surface area contributed by atoms with E-state index in [0.29, 0.717) is 6.42 Å². The Morgan fingerprint density at radius 1 is 0.481 bits per heavy atom. The Hall–Kier alpha value is -0.990. The molecule has 0 aliphatic rings. The van der Waals surface area contributed by atoms with E-state index in [0.717, 1.165) is 32.1 Å². The van der Waals surface area contributed by atoms with E-state index in [1.54, 1.807) is 0 Å². The first-order valence-electron chi connectivity index (χ1n) is 22.0. The van der Waals surface area contributed by atoms with Gasteiger partial charge in [-0.1, -0.05) is 206 Å². The zero-order valence-electron chi connectivity index (χ0n) is 34.1. The van der Waals surface area contributed by atoms with Crippen LogP contribution in [0.3, 0.4) is 0 Å². The standard InChI is InChI=1S/C42H84NO8P/c1-3-5-7-9-11-13-15-17-19-21-23-25-27-29-31-33-35-41(44)48-37-40(38-49-52(46,47)50-39-43)51-42(45)36-34-32-30-28-26-24-22-20-18-16-14-12-10-8-6-4-2/h40H,3-39,43H2,1-2H3,(H,46,47). The maximum Gasteiger partial charge on any atom is 0.473 e. The van der Waals surface area contributed by atoms with Crippen molar-refractivity contribution in [1.29, 1.82) is 0 Å². The lowest BCUT2D eigenvalue weighted by Gasteiger charge is -2.19. The smallest absolute Gasteiger partial charge is 0.462 e. The fraction of sp³-hybridized carbons (Fsp3) is 0.952. The molecule has 0 amide bonds.